The zero-order valence-corrected chi connectivity index (χ0v) is 9.93. The van der Waals surface area contributed by atoms with E-state index >= 15 is 0 Å². The predicted molar refractivity (Wildman–Crippen MR) is 63.9 cm³/mol. The molecule has 0 aliphatic rings. The lowest BCUT2D eigenvalue weighted by atomic mass is 10.2. The molecule has 0 N–H and O–H groups in total. The third-order valence-corrected chi connectivity index (χ3v) is 2.57. The van der Waals surface area contributed by atoms with Crippen molar-refractivity contribution in [3.63, 3.8) is 0 Å². The molecule has 0 radical (unpaired) electrons. The van der Waals surface area contributed by atoms with E-state index < -0.39 is 0 Å². The lowest BCUT2D eigenvalue weighted by Gasteiger charge is -1.98. The number of aryl methyl sites for hydroxylation is 1. The smallest absolute Gasteiger partial charge is 0.120 e. The Balaban J connectivity index is 0.000000791. The second-order valence-electron chi connectivity index (χ2n) is 2.62. The van der Waals surface area contributed by atoms with Crippen molar-refractivity contribution >= 4 is 18.0 Å². The summed E-state index contributed by atoms with van der Waals surface area (Å²) < 4.78 is 0. The maximum absolute atomic E-state index is 10.0. The van der Waals surface area contributed by atoms with E-state index in [2.05, 4.69) is 31.2 Å². The van der Waals surface area contributed by atoms with Gasteiger partial charge in [0.2, 0.25) is 0 Å². The van der Waals surface area contributed by atoms with Crippen LogP contribution in [0.25, 0.3) is 0 Å². The molecule has 0 unspecified atom stereocenters. The Morgan fingerprint density at radius 3 is 2.29 bits per heavy atom. The second kappa shape index (κ2) is 8.82. The van der Waals surface area contributed by atoms with E-state index in [9.17, 15) is 4.79 Å². The van der Waals surface area contributed by atoms with Crippen molar-refractivity contribution in [3.8, 4) is 0 Å². The van der Waals surface area contributed by atoms with E-state index in [-0.39, 0.29) is 0 Å². The molecule has 1 aromatic carbocycles. The Bertz CT molecular complexity index is 241. The molecule has 14 heavy (non-hydrogen) atoms. The number of aldehydes is 1. The monoisotopic (exact) mass is 210 g/mol. The topological polar surface area (TPSA) is 17.1 Å². The number of thioether (sulfide) groups is 1. The lowest BCUT2D eigenvalue weighted by Crippen LogP contribution is -1.80. The average molecular weight is 210 g/mol. The first-order valence-electron chi connectivity index (χ1n) is 4.96. The Morgan fingerprint density at radius 1 is 1.21 bits per heavy atom. The van der Waals surface area contributed by atoms with E-state index in [1.807, 2.05) is 13.8 Å². The van der Waals surface area contributed by atoms with Crippen LogP contribution in [-0.4, -0.2) is 12.0 Å². The molecule has 78 valence electrons. The van der Waals surface area contributed by atoms with Crippen LogP contribution in [0.2, 0.25) is 0 Å². The highest BCUT2D eigenvalue weighted by Crippen LogP contribution is 2.18. The van der Waals surface area contributed by atoms with Crippen molar-refractivity contribution in [2.75, 3.05) is 5.75 Å². The molecule has 0 atom stereocenters. The molecule has 1 aromatic rings. The van der Waals surface area contributed by atoms with E-state index in [1.165, 1.54) is 10.5 Å². The van der Waals surface area contributed by atoms with Crippen molar-refractivity contribution in [2.24, 2.45) is 0 Å². The number of benzene rings is 1. The summed E-state index contributed by atoms with van der Waals surface area (Å²) in [7, 11) is 0. The summed E-state index contributed by atoms with van der Waals surface area (Å²) >= 11 is 1.72. The highest BCUT2D eigenvalue weighted by molar-refractivity contribution is 7.99. The van der Waals surface area contributed by atoms with Gasteiger partial charge in [-0.2, -0.15) is 0 Å². The molecule has 1 rings (SSSR count). The zero-order valence-electron chi connectivity index (χ0n) is 9.12. The summed E-state index contributed by atoms with van der Waals surface area (Å²) in [4.78, 5) is 11.3. The highest BCUT2D eigenvalue weighted by atomic mass is 32.2. The summed E-state index contributed by atoms with van der Waals surface area (Å²) in [5.41, 5.74) is 1.27. The molecule has 0 bridgehead atoms. The molecule has 2 heteroatoms. The van der Waals surface area contributed by atoms with Gasteiger partial charge in [0.15, 0.2) is 0 Å². The molecule has 0 spiro atoms. The summed E-state index contributed by atoms with van der Waals surface area (Å²) in [5, 5.41) is 0. The van der Waals surface area contributed by atoms with Gasteiger partial charge in [-0.1, -0.05) is 31.5 Å². The van der Waals surface area contributed by atoms with Crippen LogP contribution in [0, 0.1) is 6.92 Å². The highest BCUT2D eigenvalue weighted by Gasteiger charge is 1.91. The first-order chi connectivity index (χ1) is 6.83. The van der Waals surface area contributed by atoms with Crippen molar-refractivity contribution in [1.82, 2.24) is 0 Å². The van der Waals surface area contributed by atoms with Gasteiger partial charge in [0.05, 0.1) is 0 Å². The van der Waals surface area contributed by atoms with Crippen molar-refractivity contribution in [1.29, 1.82) is 0 Å². The van der Waals surface area contributed by atoms with Crippen LogP contribution in [0.15, 0.2) is 29.2 Å². The number of hydrogen-bond donors (Lipinski definition) is 0. The van der Waals surface area contributed by atoms with Gasteiger partial charge in [0.1, 0.15) is 6.29 Å². The Labute approximate surface area is 90.9 Å². The zero-order chi connectivity index (χ0) is 10.8. The van der Waals surface area contributed by atoms with Gasteiger partial charge < -0.3 is 4.79 Å². The third kappa shape index (κ3) is 5.81. The maximum atomic E-state index is 10.0. The number of hydrogen-bond acceptors (Lipinski definition) is 2. The summed E-state index contributed by atoms with van der Waals surface area (Å²) in [6.45, 7) is 6.07. The van der Waals surface area contributed by atoms with Crippen LogP contribution in [0.1, 0.15) is 25.8 Å². The van der Waals surface area contributed by atoms with E-state index in [1.54, 1.807) is 11.8 Å². The Kier molecular flexibility index (Phi) is 8.34. The molecule has 0 aromatic heterocycles. The lowest BCUT2D eigenvalue weighted by molar-refractivity contribution is -0.107. The van der Waals surface area contributed by atoms with Crippen LogP contribution >= 0.6 is 11.8 Å². The van der Waals surface area contributed by atoms with Crippen molar-refractivity contribution in [3.05, 3.63) is 29.8 Å². The van der Waals surface area contributed by atoms with Crippen LogP contribution in [0.5, 0.6) is 0 Å². The average Bonchev–Trinajstić information content (AvgIpc) is 2.24. The first-order valence-corrected chi connectivity index (χ1v) is 5.94. The predicted octanol–water partition coefficient (Wildman–Crippen LogP) is 3.70. The van der Waals surface area contributed by atoms with E-state index in [4.69, 9.17) is 0 Å². The summed E-state index contributed by atoms with van der Waals surface area (Å²) in [6.07, 6.45) is 1.60. The number of carbonyl (C=O) groups is 1. The quantitative estimate of drug-likeness (QED) is 0.428. The van der Waals surface area contributed by atoms with Gasteiger partial charge in [-0.25, -0.2) is 0 Å². The fraction of sp³-hybridized carbons (Fsp3) is 0.417. The minimum atomic E-state index is 0.637. The first kappa shape index (κ1) is 13.2. The fourth-order valence-corrected chi connectivity index (χ4v) is 1.64. The van der Waals surface area contributed by atoms with Gasteiger partial charge in [-0.3, -0.25) is 0 Å². The molecule has 0 aliphatic carbocycles. The maximum Gasteiger partial charge on any atom is 0.120 e. The van der Waals surface area contributed by atoms with Crippen molar-refractivity contribution < 1.29 is 4.79 Å². The summed E-state index contributed by atoms with van der Waals surface area (Å²) in [5.74, 6) is 0.882. The van der Waals surface area contributed by atoms with Gasteiger partial charge in [-0.05, 0) is 19.1 Å². The number of rotatable bonds is 4. The summed E-state index contributed by atoms with van der Waals surface area (Å²) in [6, 6.07) is 8.35. The third-order valence-electron chi connectivity index (χ3n) is 1.53. The molecule has 0 heterocycles. The Hall–Kier alpha value is -0.760. The molecule has 0 amide bonds. The van der Waals surface area contributed by atoms with Crippen molar-refractivity contribution in [2.45, 2.75) is 32.1 Å². The van der Waals surface area contributed by atoms with Crippen LogP contribution < -0.4 is 0 Å². The van der Waals surface area contributed by atoms with Gasteiger partial charge >= 0.3 is 0 Å². The Morgan fingerprint density at radius 2 is 1.79 bits per heavy atom. The van der Waals surface area contributed by atoms with Crippen LogP contribution in [0.3, 0.4) is 0 Å². The van der Waals surface area contributed by atoms with Gasteiger partial charge in [0.25, 0.3) is 0 Å². The SMILES string of the molecule is CC.Cc1ccc(SCCC=O)cc1. The molecule has 0 saturated carbocycles. The molecular formula is C12H18OS. The minimum absolute atomic E-state index is 0.637. The van der Waals surface area contributed by atoms with Gasteiger partial charge in [-0.15, -0.1) is 11.8 Å². The number of carbonyl (C=O) groups excluding carboxylic acids is 1. The molecule has 1 nitrogen and oxygen atoms in total. The van der Waals surface area contributed by atoms with Crippen LogP contribution in [0.4, 0.5) is 0 Å². The second-order valence-corrected chi connectivity index (χ2v) is 3.79. The van der Waals surface area contributed by atoms with E-state index in [0.29, 0.717) is 6.42 Å². The fourth-order valence-electron chi connectivity index (χ4n) is 0.859. The minimum Gasteiger partial charge on any atom is -0.303 e. The molecule has 0 aliphatic heterocycles. The molecular weight excluding hydrogens is 192 g/mol. The standard InChI is InChI=1S/C10H12OS.C2H6/c1-9-3-5-10(6-4-9)12-8-2-7-11;1-2/h3-7H,2,8H2,1H3;1-2H3. The largest absolute Gasteiger partial charge is 0.303 e. The van der Waals surface area contributed by atoms with E-state index in [0.717, 1.165) is 12.0 Å². The van der Waals surface area contributed by atoms with Gasteiger partial charge in [0, 0.05) is 17.1 Å². The molecule has 0 saturated heterocycles. The normalized spacial score (nSPS) is 8.79. The molecule has 0 fully saturated rings. The van der Waals surface area contributed by atoms with Crippen LogP contribution in [-0.2, 0) is 4.79 Å².